The van der Waals surface area contributed by atoms with E-state index >= 15 is 0 Å². The third-order valence-corrected chi connectivity index (χ3v) is 3.04. The van der Waals surface area contributed by atoms with Gasteiger partial charge in [0.05, 0.1) is 24.8 Å². The van der Waals surface area contributed by atoms with Crippen molar-refractivity contribution < 1.29 is 24.2 Å². The van der Waals surface area contributed by atoms with Gasteiger partial charge in [-0.3, -0.25) is 4.79 Å². The lowest BCUT2D eigenvalue weighted by molar-refractivity contribution is 0.0683. The van der Waals surface area contributed by atoms with Crippen molar-refractivity contribution in [1.29, 1.82) is 0 Å². The van der Waals surface area contributed by atoms with Gasteiger partial charge in [-0.2, -0.15) is 0 Å². The van der Waals surface area contributed by atoms with Gasteiger partial charge in [0, 0.05) is 12.7 Å². The highest BCUT2D eigenvalue weighted by atomic mass is 16.5. The number of rotatable bonds is 4. The van der Waals surface area contributed by atoms with E-state index in [4.69, 9.17) is 14.6 Å². The van der Waals surface area contributed by atoms with Crippen molar-refractivity contribution >= 4 is 11.9 Å². The van der Waals surface area contributed by atoms with Crippen LogP contribution in [-0.4, -0.2) is 49.5 Å². The molecule has 1 heterocycles. The van der Waals surface area contributed by atoms with Crippen molar-refractivity contribution in [2.24, 2.45) is 0 Å². The number of hydrogen-bond donors (Lipinski definition) is 2. The Balaban J connectivity index is 2.01. The second-order valence-corrected chi connectivity index (χ2v) is 4.27. The molecule has 2 atom stereocenters. The van der Waals surface area contributed by atoms with Crippen molar-refractivity contribution in [2.75, 3.05) is 20.3 Å². The summed E-state index contributed by atoms with van der Waals surface area (Å²) in [4.78, 5) is 22.7. The van der Waals surface area contributed by atoms with Gasteiger partial charge in [-0.15, -0.1) is 0 Å². The summed E-state index contributed by atoms with van der Waals surface area (Å²) in [6.45, 7) is 0.872. The molecule has 0 bridgehead atoms. The highest BCUT2D eigenvalue weighted by Crippen LogP contribution is 2.11. The zero-order valence-electron chi connectivity index (χ0n) is 10.5. The molecule has 0 spiro atoms. The van der Waals surface area contributed by atoms with E-state index in [1.165, 1.54) is 24.3 Å². The Bertz CT molecular complexity index is 470. The van der Waals surface area contributed by atoms with Gasteiger partial charge >= 0.3 is 5.97 Å². The Morgan fingerprint density at radius 3 is 2.47 bits per heavy atom. The van der Waals surface area contributed by atoms with Crippen LogP contribution in [0.2, 0.25) is 0 Å². The molecule has 19 heavy (non-hydrogen) atoms. The fraction of sp³-hybridized carbons (Fsp3) is 0.385. The van der Waals surface area contributed by atoms with Gasteiger partial charge in [0.15, 0.2) is 0 Å². The summed E-state index contributed by atoms with van der Waals surface area (Å²) in [6, 6.07) is 5.58. The maximum absolute atomic E-state index is 12.0. The van der Waals surface area contributed by atoms with Crippen LogP contribution < -0.4 is 5.32 Å². The molecule has 2 rings (SSSR count). The topological polar surface area (TPSA) is 84.9 Å². The van der Waals surface area contributed by atoms with Gasteiger partial charge in [-0.25, -0.2) is 4.79 Å². The van der Waals surface area contributed by atoms with Crippen LogP contribution >= 0.6 is 0 Å². The van der Waals surface area contributed by atoms with Crippen LogP contribution in [0.25, 0.3) is 0 Å². The number of carboxylic acid groups (broad SMARTS) is 1. The Morgan fingerprint density at radius 1 is 1.26 bits per heavy atom. The van der Waals surface area contributed by atoms with Crippen LogP contribution in [0.4, 0.5) is 0 Å². The first-order chi connectivity index (χ1) is 9.11. The van der Waals surface area contributed by atoms with E-state index in [1.54, 1.807) is 7.11 Å². The van der Waals surface area contributed by atoms with Crippen molar-refractivity contribution in [2.45, 2.75) is 12.1 Å². The Morgan fingerprint density at radius 2 is 1.89 bits per heavy atom. The van der Waals surface area contributed by atoms with Crippen molar-refractivity contribution in [3.8, 4) is 0 Å². The summed E-state index contributed by atoms with van der Waals surface area (Å²) in [5.74, 6) is -1.29. The predicted octanol–water partition coefficient (Wildman–Crippen LogP) is 0.528. The van der Waals surface area contributed by atoms with Gasteiger partial charge in [0.1, 0.15) is 6.10 Å². The standard InChI is InChI=1S/C13H15NO5/c1-18-11-7-19-6-10(11)14-12(15)8-2-4-9(5-3-8)13(16)17/h2-5,10-11H,6-7H2,1H3,(H,14,15)(H,16,17)/t10-,11-/m0/s1. The summed E-state index contributed by atoms with van der Waals surface area (Å²) < 4.78 is 10.4. The molecular weight excluding hydrogens is 250 g/mol. The first-order valence-electron chi connectivity index (χ1n) is 5.86. The summed E-state index contributed by atoms with van der Waals surface area (Å²) in [5.41, 5.74) is 0.558. The number of ether oxygens (including phenoxy) is 2. The average Bonchev–Trinajstić information content (AvgIpc) is 2.86. The maximum atomic E-state index is 12.0. The number of benzene rings is 1. The third kappa shape index (κ3) is 3.10. The van der Waals surface area contributed by atoms with E-state index in [-0.39, 0.29) is 23.6 Å². The van der Waals surface area contributed by atoms with Crippen molar-refractivity contribution in [3.63, 3.8) is 0 Å². The van der Waals surface area contributed by atoms with E-state index < -0.39 is 5.97 Å². The van der Waals surface area contributed by atoms with Crippen LogP contribution in [0.5, 0.6) is 0 Å². The van der Waals surface area contributed by atoms with Gasteiger partial charge in [-0.05, 0) is 24.3 Å². The minimum atomic E-state index is -1.02. The van der Waals surface area contributed by atoms with E-state index in [0.717, 1.165) is 0 Å². The SMILES string of the molecule is CO[C@H]1COC[C@@H]1NC(=O)c1ccc(C(=O)O)cc1. The third-order valence-electron chi connectivity index (χ3n) is 3.04. The molecule has 1 saturated heterocycles. The Labute approximate surface area is 110 Å². The van der Waals surface area contributed by atoms with Crippen LogP contribution in [0.15, 0.2) is 24.3 Å². The molecule has 1 amide bonds. The molecule has 0 aliphatic carbocycles. The highest BCUT2D eigenvalue weighted by molar-refractivity contribution is 5.96. The average molecular weight is 265 g/mol. The number of methoxy groups -OCH3 is 1. The first kappa shape index (κ1) is 13.5. The lowest BCUT2D eigenvalue weighted by atomic mass is 10.1. The lowest BCUT2D eigenvalue weighted by Crippen LogP contribution is -2.43. The van der Waals surface area contributed by atoms with Crippen LogP contribution in [0.1, 0.15) is 20.7 Å². The molecule has 0 aromatic heterocycles. The number of aromatic carboxylic acids is 1. The Kier molecular flexibility index (Phi) is 4.13. The number of carbonyl (C=O) groups is 2. The number of amides is 1. The van der Waals surface area contributed by atoms with Gasteiger partial charge in [-0.1, -0.05) is 0 Å². The molecule has 1 aromatic carbocycles. The van der Waals surface area contributed by atoms with Gasteiger partial charge < -0.3 is 19.9 Å². The fourth-order valence-electron chi connectivity index (χ4n) is 1.92. The molecule has 6 heteroatoms. The summed E-state index contributed by atoms with van der Waals surface area (Å²) in [6.07, 6.45) is -0.151. The zero-order chi connectivity index (χ0) is 13.8. The number of carbonyl (C=O) groups excluding carboxylic acids is 1. The second kappa shape index (κ2) is 5.81. The minimum Gasteiger partial charge on any atom is -0.478 e. The number of hydrogen-bond acceptors (Lipinski definition) is 4. The predicted molar refractivity (Wildman–Crippen MR) is 66.3 cm³/mol. The molecule has 1 fully saturated rings. The lowest BCUT2D eigenvalue weighted by Gasteiger charge is -2.17. The second-order valence-electron chi connectivity index (χ2n) is 4.27. The number of carboxylic acids is 1. The van der Waals surface area contributed by atoms with E-state index in [1.807, 2.05) is 0 Å². The first-order valence-corrected chi connectivity index (χ1v) is 5.86. The minimum absolute atomic E-state index is 0.149. The molecule has 102 valence electrons. The number of nitrogens with one attached hydrogen (secondary N) is 1. The smallest absolute Gasteiger partial charge is 0.335 e. The van der Waals surface area contributed by atoms with Crippen molar-refractivity contribution in [1.82, 2.24) is 5.32 Å². The maximum Gasteiger partial charge on any atom is 0.335 e. The summed E-state index contributed by atoms with van der Waals surface area (Å²) >= 11 is 0. The quantitative estimate of drug-likeness (QED) is 0.829. The summed E-state index contributed by atoms with van der Waals surface area (Å²) in [7, 11) is 1.57. The van der Waals surface area contributed by atoms with E-state index in [2.05, 4.69) is 5.32 Å². The fourth-order valence-corrected chi connectivity index (χ4v) is 1.92. The molecule has 1 aromatic rings. The molecule has 0 saturated carbocycles. The van der Waals surface area contributed by atoms with Crippen LogP contribution in [0.3, 0.4) is 0 Å². The molecule has 2 N–H and O–H groups in total. The van der Waals surface area contributed by atoms with Gasteiger partial charge in [0.25, 0.3) is 5.91 Å². The molecule has 1 aliphatic heterocycles. The highest BCUT2D eigenvalue weighted by Gasteiger charge is 2.29. The molecular formula is C13H15NO5. The Hall–Kier alpha value is -1.92. The molecule has 0 unspecified atom stereocenters. The van der Waals surface area contributed by atoms with E-state index in [9.17, 15) is 9.59 Å². The van der Waals surface area contributed by atoms with Crippen molar-refractivity contribution in [3.05, 3.63) is 35.4 Å². The van der Waals surface area contributed by atoms with Gasteiger partial charge in [0.2, 0.25) is 0 Å². The normalized spacial score (nSPS) is 22.2. The zero-order valence-corrected chi connectivity index (χ0v) is 10.5. The molecule has 6 nitrogen and oxygen atoms in total. The van der Waals surface area contributed by atoms with Crippen LogP contribution in [0, 0.1) is 0 Å². The monoisotopic (exact) mass is 265 g/mol. The molecule has 0 radical (unpaired) electrons. The molecule has 1 aliphatic rings. The largest absolute Gasteiger partial charge is 0.478 e. The van der Waals surface area contributed by atoms with Crippen LogP contribution in [-0.2, 0) is 9.47 Å². The van der Waals surface area contributed by atoms with E-state index in [0.29, 0.717) is 18.8 Å². The summed E-state index contributed by atoms with van der Waals surface area (Å²) in [5, 5.41) is 11.6.